The molecule has 0 saturated heterocycles. The van der Waals surface area contributed by atoms with E-state index >= 15 is 0 Å². The summed E-state index contributed by atoms with van der Waals surface area (Å²) in [5, 5.41) is 12.6. The highest BCUT2D eigenvalue weighted by Gasteiger charge is 2.09. The number of carboxylic acid groups (broad SMARTS) is 1. The molecule has 17 heavy (non-hydrogen) atoms. The minimum atomic E-state index is -0.964. The Kier molecular flexibility index (Phi) is 3.18. The van der Waals surface area contributed by atoms with Crippen molar-refractivity contribution in [2.24, 2.45) is 0 Å². The van der Waals surface area contributed by atoms with Gasteiger partial charge in [-0.15, -0.1) is 0 Å². The predicted octanol–water partition coefficient (Wildman–Crippen LogP) is 2.15. The van der Waals surface area contributed by atoms with Gasteiger partial charge < -0.3 is 10.4 Å². The quantitative estimate of drug-likeness (QED) is 0.843. The van der Waals surface area contributed by atoms with Crippen LogP contribution in [-0.4, -0.2) is 27.6 Å². The highest BCUT2D eigenvalue weighted by molar-refractivity contribution is 6.02. The van der Waals surface area contributed by atoms with Gasteiger partial charge in [0.25, 0.3) is 0 Å². The molecule has 2 N–H and O–H groups in total. The minimum Gasteiger partial charge on any atom is -0.478 e. The molecule has 0 amide bonds. The number of nitrogens with zero attached hydrogens (tertiary/aromatic N) is 2. The zero-order chi connectivity index (χ0) is 12.3. The van der Waals surface area contributed by atoms with Crippen LogP contribution in [0.2, 0.25) is 0 Å². The van der Waals surface area contributed by atoms with E-state index in [1.54, 1.807) is 24.4 Å². The number of hydrogen-bond donors (Lipinski definition) is 2. The average molecular weight is 231 g/mol. The number of aromatic carboxylic acids is 1. The second kappa shape index (κ2) is 4.78. The number of benzene rings is 1. The van der Waals surface area contributed by atoms with Crippen LogP contribution in [0.5, 0.6) is 0 Å². The van der Waals surface area contributed by atoms with Crippen molar-refractivity contribution < 1.29 is 9.90 Å². The zero-order valence-electron chi connectivity index (χ0n) is 9.47. The van der Waals surface area contributed by atoms with Crippen molar-refractivity contribution in [3.8, 4) is 0 Å². The van der Waals surface area contributed by atoms with E-state index in [2.05, 4.69) is 22.2 Å². The molecule has 5 nitrogen and oxygen atoms in total. The molecule has 0 atom stereocenters. The van der Waals surface area contributed by atoms with Crippen molar-refractivity contribution in [2.45, 2.75) is 13.3 Å². The minimum absolute atomic E-state index is 0.226. The SMILES string of the molecule is CCCNc1ncc2c(C(=O)O)cccc2n1. The van der Waals surface area contributed by atoms with Crippen molar-refractivity contribution in [1.82, 2.24) is 9.97 Å². The van der Waals surface area contributed by atoms with Gasteiger partial charge in [-0.25, -0.2) is 14.8 Å². The molecule has 0 aliphatic heterocycles. The molecule has 0 fully saturated rings. The number of rotatable bonds is 4. The summed E-state index contributed by atoms with van der Waals surface area (Å²) in [5.41, 5.74) is 0.864. The third kappa shape index (κ3) is 2.33. The zero-order valence-corrected chi connectivity index (χ0v) is 9.47. The molecule has 0 aliphatic carbocycles. The summed E-state index contributed by atoms with van der Waals surface area (Å²) < 4.78 is 0. The number of carboxylic acids is 1. The Labute approximate surface area is 98.5 Å². The summed E-state index contributed by atoms with van der Waals surface area (Å²) >= 11 is 0. The summed E-state index contributed by atoms with van der Waals surface area (Å²) in [5.74, 6) is -0.435. The summed E-state index contributed by atoms with van der Waals surface area (Å²) in [6.45, 7) is 2.85. The van der Waals surface area contributed by atoms with Crippen molar-refractivity contribution in [3.63, 3.8) is 0 Å². The molecule has 1 aromatic heterocycles. The first-order valence-electron chi connectivity index (χ1n) is 5.45. The summed E-state index contributed by atoms with van der Waals surface area (Å²) in [6.07, 6.45) is 2.53. The van der Waals surface area contributed by atoms with Gasteiger partial charge in [-0.1, -0.05) is 13.0 Å². The lowest BCUT2D eigenvalue weighted by Gasteiger charge is -2.05. The van der Waals surface area contributed by atoms with Crippen LogP contribution in [0.1, 0.15) is 23.7 Å². The van der Waals surface area contributed by atoms with Gasteiger partial charge in [0.1, 0.15) is 0 Å². The lowest BCUT2D eigenvalue weighted by atomic mass is 10.1. The average Bonchev–Trinajstić information content (AvgIpc) is 2.35. The third-order valence-electron chi connectivity index (χ3n) is 2.39. The summed E-state index contributed by atoms with van der Waals surface area (Å²) in [4.78, 5) is 19.4. The van der Waals surface area contributed by atoms with Crippen LogP contribution in [0.25, 0.3) is 10.9 Å². The van der Waals surface area contributed by atoms with Gasteiger partial charge in [0.05, 0.1) is 11.1 Å². The predicted molar refractivity (Wildman–Crippen MR) is 65.3 cm³/mol. The fourth-order valence-corrected chi connectivity index (χ4v) is 1.56. The van der Waals surface area contributed by atoms with Crippen molar-refractivity contribution in [2.75, 3.05) is 11.9 Å². The number of aromatic nitrogens is 2. The largest absolute Gasteiger partial charge is 0.478 e. The molecule has 2 rings (SSSR count). The fraction of sp³-hybridized carbons (Fsp3) is 0.250. The Balaban J connectivity index is 2.45. The standard InChI is InChI=1S/C12H13N3O2/c1-2-6-13-12-14-7-9-8(11(16)17)4-3-5-10(9)15-12/h3-5,7H,2,6H2,1H3,(H,16,17)(H,13,14,15). The van der Waals surface area contributed by atoms with Crippen LogP contribution in [0.15, 0.2) is 24.4 Å². The number of nitrogens with one attached hydrogen (secondary N) is 1. The number of hydrogen-bond acceptors (Lipinski definition) is 4. The first-order valence-corrected chi connectivity index (χ1v) is 5.45. The number of anilines is 1. The van der Waals surface area contributed by atoms with E-state index in [1.165, 1.54) is 0 Å². The smallest absolute Gasteiger partial charge is 0.336 e. The van der Waals surface area contributed by atoms with Gasteiger partial charge >= 0.3 is 5.97 Å². The Morgan fingerprint density at radius 2 is 2.29 bits per heavy atom. The van der Waals surface area contributed by atoms with Gasteiger partial charge in [0.2, 0.25) is 5.95 Å². The van der Waals surface area contributed by atoms with Gasteiger partial charge in [-0.05, 0) is 18.6 Å². The Morgan fingerprint density at radius 3 is 3.00 bits per heavy atom. The lowest BCUT2D eigenvalue weighted by molar-refractivity contribution is 0.0699. The molecule has 0 bridgehead atoms. The van der Waals surface area contributed by atoms with Crippen LogP contribution in [-0.2, 0) is 0 Å². The van der Waals surface area contributed by atoms with Crippen molar-refractivity contribution in [3.05, 3.63) is 30.0 Å². The van der Waals surface area contributed by atoms with Crippen LogP contribution in [0.4, 0.5) is 5.95 Å². The van der Waals surface area contributed by atoms with Crippen LogP contribution < -0.4 is 5.32 Å². The van der Waals surface area contributed by atoms with E-state index in [4.69, 9.17) is 5.11 Å². The second-order valence-corrected chi connectivity index (χ2v) is 3.66. The molecule has 0 unspecified atom stereocenters. The molecule has 1 aromatic carbocycles. The van der Waals surface area contributed by atoms with Gasteiger partial charge in [0.15, 0.2) is 0 Å². The lowest BCUT2D eigenvalue weighted by Crippen LogP contribution is -2.05. The van der Waals surface area contributed by atoms with E-state index in [9.17, 15) is 4.79 Å². The summed E-state index contributed by atoms with van der Waals surface area (Å²) in [7, 11) is 0. The molecule has 0 aliphatic rings. The van der Waals surface area contributed by atoms with Crippen LogP contribution >= 0.6 is 0 Å². The van der Waals surface area contributed by atoms with Gasteiger partial charge in [-0.3, -0.25) is 0 Å². The molecule has 88 valence electrons. The Hall–Kier alpha value is -2.17. The van der Waals surface area contributed by atoms with Crippen molar-refractivity contribution in [1.29, 1.82) is 0 Å². The topological polar surface area (TPSA) is 75.1 Å². The molecular weight excluding hydrogens is 218 g/mol. The number of fused-ring (bicyclic) bond motifs is 1. The van der Waals surface area contributed by atoms with Crippen LogP contribution in [0, 0.1) is 0 Å². The molecule has 0 spiro atoms. The molecule has 0 saturated carbocycles. The van der Waals surface area contributed by atoms with Crippen molar-refractivity contribution >= 4 is 22.8 Å². The maximum Gasteiger partial charge on any atom is 0.336 e. The summed E-state index contributed by atoms with van der Waals surface area (Å²) in [6, 6.07) is 5.01. The van der Waals surface area contributed by atoms with Gasteiger partial charge in [-0.2, -0.15) is 0 Å². The third-order valence-corrected chi connectivity index (χ3v) is 2.39. The van der Waals surface area contributed by atoms with E-state index in [0.29, 0.717) is 16.9 Å². The molecule has 2 aromatic rings. The Bertz CT molecular complexity index is 554. The number of carbonyl (C=O) groups is 1. The van der Waals surface area contributed by atoms with E-state index < -0.39 is 5.97 Å². The normalized spacial score (nSPS) is 10.4. The first kappa shape index (κ1) is 11.3. The highest BCUT2D eigenvalue weighted by Crippen LogP contribution is 2.17. The first-order chi connectivity index (χ1) is 8.22. The van der Waals surface area contributed by atoms with Gasteiger partial charge in [0, 0.05) is 18.1 Å². The highest BCUT2D eigenvalue weighted by atomic mass is 16.4. The van der Waals surface area contributed by atoms with E-state index in [0.717, 1.165) is 13.0 Å². The maximum atomic E-state index is 11.0. The maximum absolute atomic E-state index is 11.0. The fourth-order valence-electron chi connectivity index (χ4n) is 1.56. The molecule has 0 radical (unpaired) electrons. The monoisotopic (exact) mass is 231 g/mol. The van der Waals surface area contributed by atoms with E-state index in [-0.39, 0.29) is 5.56 Å². The molecular formula is C12H13N3O2. The van der Waals surface area contributed by atoms with E-state index in [1.807, 2.05) is 0 Å². The van der Waals surface area contributed by atoms with Crippen LogP contribution in [0.3, 0.4) is 0 Å². The molecule has 1 heterocycles. The Morgan fingerprint density at radius 1 is 1.47 bits per heavy atom. The second-order valence-electron chi connectivity index (χ2n) is 3.66. The molecule has 5 heteroatoms.